The molecule has 3 aromatic heterocycles. The Hall–Kier alpha value is -6.98. The first kappa shape index (κ1) is 32.7. The lowest BCUT2D eigenvalue weighted by molar-refractivity contribution is 0.909. The van der Waals surface area contributed by atoms with Crippen LogP contribution < -0.4 is 16.4 Å². The molecule has 264 valence electrons. The maximum Gasteiger partial charge on any atom is 0.220 e. The highest BCUT2D eigenvalue weighted by molar-refractivity contribution is 5.89. The van der Waals surface area contributed by atoms with E-state index in [1.54, 1.807) is 0 Å². The Balaban J connectivity index is 1.10. The van der Waals surface area contributed by atoms with Gasteiger partial charge < -0.3 is 5.73 Å². The molecule has 0 radical (unpaired) electrons. The SMILES string of the molecule is Cc1c(-c2ccc(-c3ccc4c(c3)n3c5c(nc3n4-c3ccccc3)=CCC(c3ccc(N)cc3)C=5)cc2)cc(C2=CC=CCC=C2)nc1-c1ccccc1. The second-order valence-corrected chi connectivity index (χ2v) is 14.4. The van der Waals surface area contributed by atoms with Gasteiger partial charge in [0.15, 0.2) is 0 Å². The van der Waals surface area contributed by atoms with Gasteiger partial charge in [-0.25, -0.2) is 9.97 Å². The van der Waals surface area contributed by atoms with E-state index in [4.69, 9.17) is 15.7 Å². The second kappa shape index (κ2) is 13.5. The van der Waals surface area contributed by atoms with E-state index in [1.807, 2.05) is 12.1 Å². The Morgan fingerprint density at radius 1 is 0.691 bits per heavy atom. The molecule has 8 aromatic rings. The molecule has 1 atom stereocenters. The van der Waals surface area contributed by atoms with Crippen molar-refractivity contribution in [1.82, 2.24) is 18.9 Å². The van der Waals surface area contributed by atoms with E-state index in [9.17, 15) is 0 Å². The van der Waals surface area contributed by atoms with Crippen molar-refractivity contribution in [3.63, 3.8) is 0 Å². The molecule has 0 aliphatic heterocycles. The number of rotatable bonds is 6. The first-order valence-corrected chi connectivity index (χ1v) is 19.0. The Morgan fingerprint density at radius 2 is 1.44 bits per heavy atom. The minimum Gasteiger partial charge on any atom is -0.399 e. The normalized spacial score (nSPS) is 15.0. The largest absolute Gasteiger partial charge is 0.399 e. The van der Waals surface area contributed by atoms with Gasteiger partial charge in [0.1, 0.15) is 0 Å². The van der Waals surface area contributed by atoms with Gasteiger partial charge in [-0.2, -0.15) is 0 Å². The van der Waals surface area contributed by atoms with Crippen LogP contribution >= 0.6 is 0 Å². The van der Waals surface area contributed by atoms with Crippen molar-refractivity contribution in [2.45, 2.75) is 25.7 Å². The third kappa shape index (κ3) is 5.81. The van der Waals surface area contributed by atoms with Crippen LogP contribution in [0.3, 0.4) is 0 Å². The molecular weight excluding hydrogens is 671 g/mol. The van der Waals surface area contributed by atoms with Gasteiger partial charge >= 0.3 is 0 Å². The molecule has 10 rings (SSSR count). The summed E-state index contributed by atoms with van der Waals surface area (Å²) >= 11 is 0. The zero-order chi connectivity index (χ0) is 36.9. The van der Waals surface area contributed by atoms with Crippen LogP contribution in [0.1, 0.15) is 35.6 Å². The lowest BCUT2D eigenvalue weighted by Crippen LogP contribution is -2.31. The number of para-hydroxylation sites is 1. The average Bonchev–Trinajstić information content (AvgIpc) is 3.61. The van der Waals surface area contributed by atoms with E-state index in [0.717, 1.165) is 96.5 Å². The fraction of sp³-hybridized carbons (Fsp3) is 0.0800. The molecule has 0 amide bonds. The zero-order valence-corrected chi connectivity index (χ0v) is 30.6. The minimum atomic E-state index is 0.241. The zero-order valence-electron chi connectivity index (χ0n) is 30.6. The summed E-state index contributed by atoms with van der Waals surface area (Å²) in [6.07, 6.45) is 17.3. The van der Waals surface area contributed by atoms with Crippen molar-refractivity contribution < 1.29 is 0 Å². The number of pyridine rings is 1. The van der Waals surface area contributed by atoms with Crippen LogP contribution in [-0.4, -0.2) is 18.9 Å². The van der Waals surface area contributed by atoms with Crippen LogP contribution in [0.2, 0.25) is 0 Å². The Labute approximate surface area is 320 Å². The van der Waals surface area contributed by atoms with Crippen LogP contribution in [0, 0.1) is 6.92 Å². The summed E-state index contributed by atoms with van der Waals surface area (Å²) in [6, 6.07) is 47.3. The number of hydrogen-bond acceptors (Lipinski definition) is 3. The van der Waals surface area contributed by atoms with E-state index in [-0.39, 0.29) is 5.92 Å². The number of benzene rings is 5. The third-order valence-electron chi connectivity index (χ3n) is 11.0. The van der Waals surface area contributed by atoms with Gasteiger partial charge in [-0.05, 0) is 101 Å². The van der Waals surface area contributed by atoms with Crippen molar-refractivity contribution in [1.29, 1.82) is 0 Å². The number of nitrogens with zero attached hydrogens (tertiary/aromatic N) is 4. The van der Waals surface area contributed by atoms with E-state index in [1.165, 1.54) is 11.1 Å². The topological polar surface area (TPSA) is 61.1 Å². The number of aromatic nitrogens is 4. The number of allylic oxidation sites excluding steroid dienone is 6. The molecule has 0 saturated heterocycles. The Bertz CT molecular complexity index is 2960. The third-order valence-corrected chi connectivity index (χ3v) is 11.0. The first-order valence-electron chi connectivity index (χ1n) is 19.0. The van der Waals surface area contributed by atoms with Crippen LogP contribution in [0.4, 0.5) is 5.69 Å². The molecule has 5 aromatic carbocycles. The number of nitrogens with two attached hydrogens (primary N) is 1. The summed E-state index contributed by atoms with van der Waals surface area (Å²) in [6.45, 7) is 2.19. The van der Waals surface area contributed by atoms with Gasteiger partial charge in [0.25, 0.3) is 0 Å². The molecule has 0 fully saturated rings. The molecule has 1 unspecified atom stereocenters. The van der Waals surface area contributed by atoms with Crippen LogP contribution in [0.15, 0.2) is 164 Å². The number of imidazole rings is 2. The van der Waals surface area contributed by atoms with E-state index in [2.05, 4.69) is 180 Å². The van der Waals surface area contributed by atoms with Crippen molar-refractivity contribution in [3.8, 4) is 39.2 Å². The van der Waals surface area contributed by atoms with Crippen LogP contribution in [0.25, 0.3) is 73.7 Å². The Kier molecular flexibility index (Phi) is 7.99. The van der Waals surface area contributed by atoms with Gasteiger partial charge in [0, 0.05) is 22.9 Å². The van der Waals surface area contributed by atoms with Crippen molar-refractivity contribution in [3.05, 3.63) is 191 Å². The molecule has 0 spiro atoms. The summed E-state index contributed by atoms with van der Waals surface area (Å²) in [4.78, 5) is 10.5. The fourth-order valence-corrected chi connectivity index (χ4v) is 8.14. The molecule has 0 bridgehead atoms. The molecule has 2 aliphatic carbocycles. The maximum atomic E-state index is 6.04. The van der Waals surface area contributed by atoms with Gasteiger partial charge in [-0.1, -0.05) is 134 Å². The second-order valence-electron chi connectivity index (χ2n) is 14.4. The van der Waals surface area contributed by atoms with Crippen molar-refractivity contribution >= 4 is 40.2 Å². The van der Waals surface area contributed by atoms with Crippen LogP contribution in [-0.2, 0) is 0 Å². The highest BCUT2D eigenvalue weighted by Gasteiger charge is 2.21. The number of anilines is 1. The molecule has 55 heavy (non-hydrogen) atoms. The lowest BCUT2D eigenvalue weighted by atomic mass is 9.92. The standard InChI is InChI=1S/C50H39N5/c1-33-43(32-45(37-12-6-2-3-7-13-37)52-49(33)38-14-8-4-9-15-38)36-20-18-34(19-21-36)40-25-29-46-48(31-40)55-47-30-39(35-22-26-41(51)27-23-35)24-28-44(47)53-50(55)54(46)42-16-10-5-11-17-42/h2,4-23,25-32,39H,3,24,51H2,1H3. The molecule has 2 aliphatic rings. The van der Waals surface area contributed by atoms with E-state index >= 15 is 0 Å². The summed E-state index contributed by atoms with van der Waals surface area (Å²) in [5.41, 5.74) is 21.4. The molecule has 5 heteroatoms. The average molecular weight is 710 g/mol. The molecule has 0 saturated carbocycles. The Morgan fingerprint density at radius 3 is 2.24 bits per heavy atom. The minimum absolute atomic E-state index is 0.241. The van der Waals surface area contributed by atoms with Gasteiger partial charge in [-0.15, -0.1) is 0 Å². The molecule has 5 nitrogen and oxygen atoms in total. The summed E-state index contributed by atoms with van der Waals surface area (Å²) < 4.78 is 4.62. The quantitative estimate of drug-likeness (QED) is 0.175. The van der Waals surface area contributed by atoms with Crippen molar-refractivity contribution in [2.75, 3.05) is 5.73 Å². The van der Waals surface area contributed by atoms with E-state index in [0.29, 0.717) is 0 Å². The first-order chi connectivity index (χ1) is 27.1. The van der Waals surface area contributed by atoms with Gasteiger partial charge in [0.05, 0.1) is 33.1 Å². The molecule has 2 N–H and O–H groups in total. The van der Waals surface area contributed by atoms with Crippen molar-refractivity contribution in [2.24, 2.45) is 0 Å². The highest BCUT2D eigenvalue weighted by Crippen LogP contribution is 2.36. The van der Waals surface area contributed by atoms with Crippen LogP contribution in [0.5, 0.6) is 0 Å². The van der Waals surface area contributed by atoms with E-state index < -0.39 is 0 Å². The molecular formula is C50H39N5. The number of nitrogen functional groups attached to an aromatic ring is 1. The number of hydrogen-bond donors (Lipinski definition) is 1. The monoisotopic (exact) mass is 709 g/mol. The predicted octanol–water partition coefficient (Wildman–Crippen LogP) is 10.2. The number of fused-ring (bicyclic) bond motifs is 5. The lowest BCUT2D eigenvalue weighted by Gasteiger charge is -2.15. The molecule has 3 heterocycles. The highest BCUT2D eigenvalue weighted by atomic mass is 15.2. The summed E-state index contributed by atoms with van der Waals surface area (Å²) in [7, 11) is 0. The summed E-state index contributed by atoms with van der Waals surface area (Å²) in [5.74, 6) is 1.15. The van der Waals surface area contributed by atoms with Gasteiger partial charge in [0.2, 0.25) is 5.78 Å². The fourth-order valence-electron chi connectivity index (χ4n) is 8.14. The van der Waals surface area contributed by atoms with Gasteiger partial charge in [-0.3, -0.25) is 8.97 Å². The summed E-state index contributed by atoms with van der Waals surface area (Å²) in [5, 5.41) is 2.15. The predicted molar refractivity (Wildman–Crippen MR) is 228 cm³/mol. The maximum absolute atomic E-state index is 6.04. The smallest absolute Gasteiger partial charge is 0.220 e.